The summed E-state index contributed by atoms with van der Waals surface area (Å²) >= 11 is 0. The van der Waals surface area contributed by atoms with E-state index in [-0.39, 0.29) is 142 Å². The molecule has 23 heteroatoms. The number of carbonyl (C=O) groups excluding carboxylic acids is 8. The predicted octanol–water partition coefficient (Wildman–Crippen LogP) is 2.58. The van der Waals surface area contributed by atoms with Gasteiger partial charge in [-0.2, -0.15) is 0 Å². The molecule has 0 atom stereocenters. The van der Waals surface area contributed by atoms with Crippen LogP contribution >= 0.6 is 0 Å². The number of ketones is 2. The molecule has 0 aromatic heterocycles. The van der Waals surface area contributed by atoms with E-state index in [0.717, 1.165) is 11.1 Å². The van der Waals surface area contributed by atoms with E-state index in [1.54, 1.807) is 36.4 Å². The van der Waals surface area contributed by atoms with Gasteiger partial charge >= 0.3 is 17.9 Å². The molecule has 392 valence electrons. The Kier molecular flexibility index (Phi) is 32.2. The van der Waals surface area contributed by atoms with Crippen LogP contribution in [-0.2, 0) is 71.4 Å². The summed E-state index contributed by atoms with van der Waals surface area (Å²) in [5.41, 5.74) is 5.48. The summed E-state index contributed by atoms with van der Waals surface area (Å²) < 4.78 is 47.9. The zero-order valence-corrected chi connectivity index (χ0v) is 40.5. The highest BCUT2D eigenvalue weighted by Gasteiger charge is 2.36. The molecule has 0 unspecified atom stereocenters. The standard InChI is InChI=1S/C25H36O10.C22H33N3O10/c1-19-5-7-20(8-6-19)21(26)15-25(16-33-12-9-22(27)30-2,17-34-13-10-23(28)31-3)18-35-14-11-24(29)32-4;1-16-2-4-17(5-3-16)18(26)12-22(13-33-9-6-19(27)23-30,14-34-10-7-20(28)24-31)15-35-11-8-21(29)25-32/h5-8H,9-18H2,1-4H3;2-5,30-32H,6-15H2,1H3,(H,23,27)(H,24,28)(H,25,29). The number of nitrogens with one attached hydrogen (secondary N) is 3. The molecule has 2 aromatic carbocycles. The summed E-state index contributed by atoms with van der Waals surface area (Å²) in [6.45, 7) is 3.75. The lowest BCUT2D eigenvalue weighted by atomic mass is 9.83. The highest BCUT2D eigenvalue weighted by molar-refractivity contribution is 5.97. The van der Waals surface area contributed by atoms with Gasteiger partial charge in [0.25, 0.3) is 0 Å². The van der Waals surface area contributed by atoms with Crippen molar-refractivity contribution < 1.29 is 96.6 Å². The van der Waals surface area contributed by atoms with Gasteiger partial charge in [0.15, 0.2) is 11.6 Å². The Balaban J connectivity index is 0.000000700. The van der Waals surface area contributed by atoms with Crippen LogP contribution < -0.4 is 16.4 Å². The summed E-state index contributed by atoms with van der Waals surface area (Å²) in [5, 5.41) is 25.9. The minimum Gasteiger partial charge on any atom is -0.469 e. The second kappa shape index (κ2) is 36.2. The SMILES string of the molecule is COC(=O)CCOCC(COCCC(=O)OC)(COCCC(=O)OC)CC(=O)c1ccc(C)cc1.Cc1ccc(C(=O)CC(COCCC(=O)NO)(COCCC(=O)NO)COCCC(=O)NO)cc1. The largest absolute Gasteiger partial charge is 0.469 e. The van der Waals surface area contributed by atoms with E-state index >= 15 is 0 Å². The van der Waals surface area contributed by atoms with Crippen LogP contribution in [0.1, 0.15) is 83.2 Å². The molecular weight excluding hydrogens is 927 g/mol. The Bertz CT molecular complexity index is 1640. The van der Waals surface area contributed by atoms with Crippen LogP contribution in [0.3, 0.4) is 0 Å². The lowest BCUT2D eigenvalue weighted by Gasteiger charge is -2.33. The van der Waals surface area contributed by atoms with Crippen molar-refractivity contribution in [3.8, 4) is 0 Å². The number of rotatable bonds is 36. The first-order valence-electron chi connectivity index (χ1n) is 22.2. The molecule has 3 amide bonds. The Morgan fingerprint density at radius 2 is 0.629 bits per heavy atom. The van der Waals surface area contributed by atoms with E-state index < -0.39 is 46.5 Å². The number of benzene rings is 2. The lowest BCUT2D eigenvalue weighted by molar-refractivity contribution is -0.143. The van der Waals surface area contributed by atoms with Crippen molar-refractivity contribution in [2.24, 2.45) is 10.8 Å². The van der Waals surface area contributed by atoms with E-state index in [0.29, 0.717) is 11.1 Å². The number of Topliss-reactive ketones (excluding diaryl/α,β-unsaturated/α-hetero) is 2. The van der Waals surface area contributed by atoms with Crippen LogP contribution in [-0.4, -0.2) is 163 Å². The second-order valence-electron chi connectivity index (χ2n) is 16.1. The third-order valence-electron chi connectivity index (χ3n) is 10.1. The molecule has 0 aliphatic rings. The third kappa shape index (κ3) is 27.4. The minimum atomic E-state index is -1.07. The topological polar surface area (TPSA) is 316 Å². The fraction of sp³-hybridized carbons (Fsp3) is 0.574. The molecular formula is C47H69N3O20. The number of carbonyl (C=O) groups is 8. The van der Waals surface area contributed by atoms with Crippen molar-refractivity contribution in [2.45, 2.75) is 65.2 Å². The maximum absolute atomic E-state index is 13.1. The molecule has 6 N–H and O–H groups in total. The summed E-state index contributed by atoms with van der Waals surface area (Å²) in [5.74, 6) is -3.58. The highest BCUT2D eigenvalue weighted by atomic mass is 16.5. The molecule has 23 nitrogen and oxygen atoms in total. The van der Waals surface area contributed by atoms with Crippen molar-refractivity contribution in [3.63, 3.8) is 0 Å². The van der Waals surface area contributed by atoms with E-state index in [1.807, 2.05) is 26.0 Å². The smallest absolute Gasteiger partial charge is 0.307 e. The number of ether oxygens (including phenoxy) is 9. The first-order valence-corrected chi connectivity index (χ1v) is 22.2. The van der Waals surface area contributed by atoms with Gasteiger partial charge in [-0.1, -0.05) is 59.7 Å². The van der Waals surface area contributed by atoms with Gasteiger partial charge in [0.1, 0.15) is 0 Å². The van der Waals surface area contributed by atoms with E-state index in [2.05, 4.69) is 14.2 Å². The van der Waals surface area contributed by atoms with Crippen molar-refractivity contribution in [1.82, 2.24) is 16.4 Å². The zero-order chi connectivity index (χ0) is 52.2. The first kappa shape index (κ1) is 62.3. The first-order chi connectivity index (χ1) is 33.5. The number of hydrogen-bond acceptors (Lipinski definition) is 20. The van der Waals surface area contributed by atoms with Gasteiger partial charge in [-0.25, -0.2) is 16.4 Å². The van der Waals surface area contributed by atoms with Crippen LogP contribution in [0.2, 0.25) is 0 Å². The Morgan fingerprint density at radius 1 is 0.400 bits per heavy atom. The number of aryl methyl sites for hydroxylation is 2. The van der Waals surface area contributed by atoms with Crippen LogP contribution in [0, 0.1) is 24.7 Å². The van der Waals surface area contributed by atoms with Crippen LogP contribution in [0.4, 0.5) is 0 Å². The fourth-order valence-electron chi connectivity index (χ4n) is 6.09. The molecule has 0 aliphatic carbocycles. The normalized spacial score (nSPS) is 11.1. The van der Waals surface area contributed by atoms with Crippen molar-refractivity contribution >= 4 is 47.2 Å². The number of esters is 3. The van der Waals surface area contributed by atoms with Crippen LogP contribution in [0.5, 0.6) is 0 Å². The molecule has 0 heterocycles. The third-order valence-corrected chi connectivity index (χ3v) is 10.1. The van der Waals surface area contributed by atoms with Gasteiger partial charge in [0.05, 0.1) is 139 Å². The summed E-state index contributed by atoms with van der Waals surface area (Å²) in [6, 6.07) is 14.2. The molecule has 0 saturated carbocycles. The summed E-state index contributed by atoms with van der Waals surface area (Å²) in [4.78, 5) is 94.4. The number of hydrogen-bond donors (Lipinski definition) is 6. The Morgan fingerprint density at radius 3 is 0.843 bits per heavy atom. The number of methoxy groups -OCH3 is 3. The fourth-order valence-corrected chi connectivity index (χ4v) is 6.09. The van der Waals surface area contributed by atoms with E-state index in [9.17, 15) is 38.4 Å². The molecule has 2 rings (SSSR count). The van der Waals surface area contributed by atoms with Gasteiger partial charge in [-0.15, -0.1) is 0 Å². The van der Waals surface area contributed by atoms with Crippen LogP contribution in [0.25, 0.3) is 0 Å². The van der Waals surface area contributed by atoms with E-state index in [1.165, 1.54) is 37.8 Å². The molecule has 0 bridgehead atoms. The maximum Gasteiger partial charge on any atom is 0.307 e. The Hall–Kier alpha value is -5.76. The average Bonchev–Trinajstić information content (AvgIpc) is 3.36. The molecule has 0 saturated heterocycles. The molecule has 0 spiro atoms. The monoisotopic (exact) mass is 995 g/mol. The predicted molar refractivity (Wildman–Crippen MR) is 244 cm³/mol. The molecule has 0 fully saturated rings. The summed E-state index contributed by atoms with van der Waals surface area (Å²) in [7, 11) is 3.87. The average molecular weight is 996 g/mol. The maximum atomic E-state index is 13.1. The lowest BCUT2D eigenvalue weighted by Crippen LogP contribution is -2.40. The minimum absolute atomic E-state index is 0.0186. The number of hydroxylamine groups is 3. The number of amides is 3. The molecule has 0 radical (unpaired) electrons. The van der Waals surface area contributed by atoms with Crippen molar-refractivity contribution in [2.75, 3.05) is 101 Å². The van der Waals surface area contributed by atoms with Gasteiger partial charge in [0, 0.05) is 34.8 Å². The molecule has 70 heavy (non-hydrogen) atoms. The van der Waals surface area contributed by atoms with Crippen molar-refractivity contribution in [1.29, 1.82) is 0 Å². The van der Waals surface area contributed by atoms with Gasteiger partial charge in [-0.3, -0.25) is 54.0 Å². The molecule has 0 aliphatic heterocycles. The molecule has 2 aromatic rings. The quantitative estimate of drug-likeness (QED) is 0.0143. The van der Waals surface area contributed by atoms with E-state index in [4.69, 9.17) is 44.0 Å². The van der Waals surface area contributed by atoms with Gasteiger partial charge < -0.3 is 42.6 Å². The highest BCUT2D eigenvalue weighted by Crippen LogP contribution is 2.29. The second-order valence-corrected chi connectivity index (χ2v) is 16.1. The Labute approximate surface area is 406 Å². The van der Waals surface area contributed by atoms with Crippen LogP contribution in [0.15, 0.2) is 48.5 Å². The van der Waals surface area contributed by atoms with Gasteiger partial charge in [0.2, 0.25) is 17.7 Å². The summed E-state index contributed by atoms with van der Waals surface area (Å²) in [6.07, 6.45) is -0.319. The van der Waals surface area contributed by atoms with Gasteiger partial charge in [-0.05, 0) is 13.8 Å². The van der Waals surface area contributed by atoms with Crippen molar-refractivity contribution in [3.05, 3.63) is 70.8 Å². The zero-order valence-electron chi connectivity index (χ0n) is 40.5.